The normalized spacial score (nSPS) is 21.8. The lowest BCUT2D eigenvalue weighted by Crippen LogP contribution is -2.51. The van der Waals surface area contributed by atoms with Crippen molar-refractivity contribution in [3.8, 4) is 0 Å². The van der Waals surface area contributed by atoms with Crippen LogP contribution in [0.3, 0.4) is 0 Å². The van der Waals surface area contributed by atoms with E-state index in [0.717, 1.165) is 52.1 Å². The van der Waals surface area contributed by atoms with Gasteiger partial charge in [0.05, 0.1) is 20.2 Å². The smallest absolute Gasteiger partial charge is 0.319 e. The molecule has 0 atom stereocenters. The van der Waals surface area contributed by atoms with Crippen molar-refractivity contribution in [2.24, 2.45) is 0 Å². The summed E-state index contributed by atoms with van der Waals surface area (Å²) in [4.78, 5) is 29.6. The number of piperidine rings is 1. The zero-order chi connectivity index (χ0) is 14.4. The van der Waals surface area contributed by atoms with Crippen LogP contribution in [0.15, 0.2) is 0 Å². The van der Waals surface area contributed by atoms with Crippen LogP contribution < -0.4 is 0 Å². The molecule has 0 aromatic rings. The topological polar surface area (TPSA) is 53.1 Å². The highest BCUT2D eigenvalue weighted by Gasteiger charge is 2.23. The first kappa shape index (κ1) is 15.3. The fraction of sp³-hybridized carbons (Fsp3) is 0.857. The number of esters is 1. The first-order valence-electron chi connectivity index (χ1n) is 7.48. The Hall–Kier alpha value is -1.14. The van der Waals surface area contributed by atoms with Gasteiger partial charge in [0, 0.05) is 39.3 Å². The molecule has 2 aliphatic rings. The van der Waals surface area contributed by atoms with E-state index in [1.54, 1.807) is 0 Å². The number of ether oxygens (including phenoxy) is 1. The second-order valence-corrected chi connectivity index (χ2v) is 5.57. The van der Waals surface area contributed by atoms with Gasteiger partial charge in [-0.15, -0.1) is 0 Å². The van der Waals surface area contributed by atoms with Crippen molar-refractivity contribution >= 4 is 11.9 Å². The largest absolute Gasteiger partial charge is 0.468 e. The Bertz CT molecular complexity index is 335. The van der Waals surface area contributed by atoms with Gasteiger partial charge in [-0.2, -0.15) is 0 Å². The van der Waals surface area contributed by atoms with Crippen LogP contribution in [0.5, 0.6) is 0 Å². The second-order valence-electron chi connectivity index (χ2n) is 5.57. The van der Waals surface area contributed by atoms with E-state index in [9.17, 15) is 9.59 Å². The second kappa shape index (κ2) is 7.59. The molecule has 6 heteroatoms. The first-order valence-corrected chi connectivity index (χ1v) is 7.48. The van der Waals surface area contributed by atoms with Crippen molar-refractivity contribution < 1.29 is 14.3 Å². The summed E-state index contributed by atoms with van der Waals surface area (Å²) in [5, 5.41) is 0. The number of rotatable bonds is 4. The maximum atomic E-state index is 12.2. The van der Waals surface area contributed by atoms with E-state index >= 15 is 0 Å². The van der Waals surface area contributed by atoms with Crippen molar-refractivity contribution in [3.05, 3.63) is 0 Å². The maximum Gasteiger partial charge on any atom is 0.319 e. The summed E-state index contributed by atoms with van der Waals surface area (Å²) < 4.78 is 4.67. The molecule has 114 valence electrons. The van der Waals surface area contributed by atoms with Gasteiger partial charge in [-0.3, -0.25) is 19.4 Å². The van der Waals surface area contributed by atoms with Gasteiger partial charge in [-0.25, -0.2) is 0 Å². The molecule has 0 N–H and O–H groups in total. The minimum absolute atomic E-state index is 0.192. The van der Waals surface area contributed by atoms with Gasteiger partial charge < -0.3 is 9.64 Å². The summed E-state index contributed by atoms with van der Waals surface area (Å²) in [5.41, 5.74) is 0. The maximum absolute atomic E-state index is 12.2. The van der Waals surface area contributed by atoms with E-state index < -0.39 is 0 Å². The average Bonchev–Trinajstić information content (AvgIpc) is 2.50. The van der Waals surface area contributed by atoms with Crippen molar-refractivity contribution in [3.63, 3.8) is 0 Å². The monoisotopic (exact) mass is 283 g/mol. The molecule has 2 heterocycles. The standard InChI is InChI=1S/C14H25N3O3/c1-20-14(19)12-16-9-7-15(8-10-16)11-13(18)17-5-3-2-4-6-17/h2-12H2,1H3. The third-order valence-electron chi connectivity index (χ3n) is 4.11. The number of likely N-dealkylation sites (tertiary alicyclic amines) is 1. The van der Waals surface area contributed by atoms with Crippen molar-refractivity contribution in [1.82, 2.24) is 14.7 Å². The Morgan fingerprint density at radius 2 is 1.40 bits per heavy atom. The number of piperazine rings is 1. The molecular weight excluding hydrogens is 258 g/mol. The van der Waals surface area contributed by atoms with Crippen LogP contribution in [0.1, 0.15) is 19.3 Å². The Labute approximate surface area is 120 Å². The van der Waals surface area contributed by atoms with Crippen LogP contribution in [-0.2, 0) is 14.3 Å². The van der Waals surface area contributed by atoms with Crippen molar-refractivity contribution in [2.45, 2.75) is 19.3 Å². The molecule has 0 spiro atoms. The third-order valence-corrected chi connectivity index (χ3v) is 4.11. The summed E-state index contributed by atoms with van der Waals surface area (Å²) in [6.45, 7) is 6.04. The molecular formula is C14H25N3O3. The van der Waals surface area contributed by atoms with Crippen LogP contribution >= 0.6 is 0 Å². The number of amides is 1. The van der Waals surface area contributed by atoms with Gasteiger partial charge in [0.2, 0.25) is 5.91 Å². The van der Waals surface area contributed by atoms with E-state index in [2.05, 4.69) is 14.5 Å². The Kier molecular flexibility index (Phi) is 5.79. The first-order chi connectivity index (χ1) is 9.69. The molecule has 2 fully saturated rings. The number of methoxy groups -OCH3 is 1. The molecule has 1 amide bonds. The van der Waals surface area contributed by atoms with E-state index in [1.165, 1.54) is 13.5 Å². The summed E-state index contributed by atoms with van der Waals surface area (Å²) in [6, 6.07) is 0. The highest BCUT2D eigenvalue weighted by Crippen LogP contribution is 2.10. The van der Waals surface area contributed by atoms with Gasteiger partial charge in [-0.05, 0) is 19.3 Å². The fourth-order valence-electron chi connectivity index (χ4n) is 2.79. The molecule has 20 heavy (non-hydrogen) atoms. The third kappa shape index (κ3) is 4.45. The number of carbonyl (C=O) groups excluding carboxylic acids is 2. The predicted octanol–water partition coefficient (Wildman–Crippen LogP) is -0.210. The van der Waals surface area contributed by atoms with Crippen LogP contribution in [0, 0.1) is 0 Å². The molecule has 2 saturated heterocycles. The van der Waals surface area contributed by atoms with Crippen LogP contribution in [0.2, 0.25) is 0 Å². The molecule has 2 aliphatic heterocycles. The molecule has 2 rings (SSSR count). The highest BCUT2D eigenvalue weighted by atomic mass is 16.5. The molecule has 0 aromatic heterocycles. The Morgan fingerprint density at radius 1 is 0.850 bits per heavy atom. The van der Waals surface area contributed by atoms with Gasteiger partial charge >= 0.3 is 5.97 Å². The Balaban J connectivity index is 1.68. The van der Waals surface area contributed by atoms with E-state index in [1.807, 2.05) is 4.90 Å². The molecule has 0 saturated carbocycles. The lowest BCUT2D eigenvalue weighted by atomic mass is 10.1. The summed E-state index contributed by atoms with van der Waals surface area (Å²) in [6.07, 6.45) is 3.52. The molecule has 0 bridgehead atoms. The molecule has 0 radical (unpaired) electrons. The summed E-state index contributed by atoms with van der Waals surface area (Å²) in [5.74, 6) is 0.0639. The van der Waals surface area contributed by atoms with Gasteiger partial charge in [-0.1, -0.05) is 0 Å². The Morgan fingerprint density at radius 3 is 1.95 bits per heavy atom. The van der Waals surface area contributed by atoms with E-state index in [-0.39, 0.29) is 11.9 Å². The zero-order valence-electron chi connectivity index (χ0n) is 12.3. The fourth-order valence-corrected chi connectivity index (χ4v) is 2.79. The average molecular weight is 283 g/mol. The minimum Gasteiger partial charge on any atom is -0.468 e. The number of hydrogen-bond donors (Lipinski definition) is 0. The molecule has 0 aliphatic carbocycles. The summed E-state index contributed by atoms with van der Waals surface area (Å²) >= 11 is 0. The van der Waals surface area contributed by atoms with Gasteiger partial charge in [0.1, 0.15) is 0 Å². The van der Waals surface area contributed by atoms with Gasteiger partial charge in [0.15, 0.2) is 0 Å². The van der Waals surface area contributed by atoms with Crippen molar-refractivity contribution in [1.29, 1.82) is 0 Å². The quantitative estimate of drug-likeness (QED) is 0.668. The lowest BCUT2D eigenvalue weighted by Gasteiger charge is -2.35. The number of carbonyl (C=O) groups is 2. The number of hydrogen-bond acceptors (Lipinski definition) is 5. The van der Waals surface area contributed by atoms with Crippen LogP contribution in [0.4, 0.5) is 0 Å². The zero-order valence-corrected chi connectivity index (χ0v) is 12.3. The van der Waals surface area contributed by atoms with Crippen LogP contribution in [-0.4, -0.2) is 86.0 Å². The molecule has 0 unspecified atom stereocenters. The highest BCUT2D eigenvalue weighted by molar-refractivity contribution is 5.78. The molecule has 0 aromatic carbocycles. The van der Waals surface area contributed by atoms with Crippen LogP contribution in [0.25, 0.3) is 0 Å². The lowest BCUT2D eigenvalue weighted by molar-refractivity contribution is -0.143. The van der Waals surface area contributed by atoms with E-state index in [0.29, 0.717) is 13.1 Å². The minimum atomic E-state index is -0.192. The number of nitrogens with zero attached hydrogens (tertiary/aromatic N) is 3. The van der Waals surface area contributed by atoms with Gasteiger partial charge in [0.25, 0.3) is 0 Å². The summed E-state index contributed by atoms with van der Waals surface area (Å²) in [7, 11) is 1.41. The predicted molar refractivity (Wildman–Crippen MR) is 75.3 cm³/mol. The molecule has 6 nitrogen and oxygen atoms in total. The van der Waals surface area contributed by atoms with E-state index in [4.69, 9.17) is 0 Å². The SMILES string of the molecule is COC(=O)CN1CCN(CC(=O)N2CCCCC2)CC1. The van der Waals surface area contributed by atoms with Crippen molar-refractivity contribution in [2.75, 3.05) is 59.5 Å².